The second-order valence-corrected chi connectivity index (χ2v) is 4.51. The minimum absolute atomic E-state index is 0.212. The zero-order valence-electron chi connectivity index (χ0n) is 11.2. The van der Waals surface area contributed by atoms with Crippen molar-refractivity contribution >= 4 is 23.2 Å². The molecule has 0 unspecified atom stereocenters. The maximum atomic E-state index is 12.0. The molecule has 3 rings (SSSR count). The van der Waals surface area contributed by atoms with Gasteiger partial charge in [-0.15, -0.1) is 0 Å². The van der Waals surface area contributed by atoms with E-state index in [0.29, 0.717) is 17.1 Å². The van der Waals surface area contributed by atoms with Crippen molar-refractivity contribution < 1.29 is 14.3 Å². The number of anilines is 2. The first-order chi connectivity index (χ1) is 10.1. The van der Waals surface area contributed by atoms with Crippen LogP contribution in [0.4, 0.5) is 11.4 Å². The highest BCUT2D eigenvalue weighted by Crippen LogP contribution is 2.32. The van der Waals surface area contributed by atoms with Crippen molar-refractivity contribution in [3.05, 3.63) is 42.5 Å². The summed E-state index contributed by atoms with van der Waals surface area (Å²) in [4.78, 5) is 31.3. The lowest BCUT2D eigenvalue weighted by molar-refractivity contribution is -0.122. The normalized spacial score (nSPS) is 16.4. The summed E-state index contributed by atoms with van der Waals surface area (Å²) in [5, 5.41) is 5.41. The number of aromatic nitrogens is 2. The molecule has 0 spiro atoms. The van der Waals surface area contributed by atoms with Gasteiger partial charge in [0.25, 0.3) is 11.8 Å². The summed E-state index contributed by atoms with van der Waals surface area (Å²) in [6.07, 6.45) is 3.78. The summed E-state index contributed by atoms with van der Waals surface area (Å²) in [7, 11) is 0. The molecule has 2 amide bonds. The Bertz CT molecular complexity index is 703. The number of hydrogen-bond acceptors (Lipinski definition) is 5. The maximum Gasteiger partial charge on any atom is 0.275 e. The molecule has 2 N–H and O–H groups in total. The number of rotatable bonds is 2. The molecule has 1 aromatic heterocycles. The van der Waals surface area contributed by atoms with Gasteiger partial charge in [0, 0.05) is 18.1 Å². The first-order valence-corrected chi connectivity index (χ1v) is 6.32. The SMILES string of the molecule is C[C@@H]1Oc2ccc(NC(=O)c3cnccn3)cc2NC1=O. The number of ether oxygens (including phenoxy) is 1. The topological polar surface area (TPSA) is 93.2 Å². The summed E-state index contributed by atoms with van der Waals surface area (Å²) < 4.78 is 5.44. The van der Waals surface area contributed by atoms with E-state index in [-0.39, 0.29) is 17.5 Å². The molecule has 0 bridgehead atoms. The minimum Gasteiger partial charge on any atom is -0.479 e. The Balaban J connectivity index is 1.80. The molecule has 7 heteroatoms. The van der Waals surface area contributed by atoms with Crippen LogP contribution in [-0.4, -0.2) is 27.9 Å². The first-order valence-electron chi connectivity index (χ1n) is 6.32. The fraction of sp³-hybridized carbons (Fsp3) is 0.143. The van der Waals surface area contributed by atoms with Crippen molar-refractivity contribution in [2.45, 2.75) is 13.0 Å². The number of amides is 2. The molecule has 106 valence electrons. The Kier molecular flexibility index (Phi) is 3.23. The molecule has 1 aromatic carbocycles. The standard InChI is InChI=1S/C14H12N4O3/c1-8-13(19)18-10-6-9(2-3-12(10)21-8)17-14(20)11-7-15-4-5-16-11/h2-8H,1H3,(H,17,20)(H,18,19)/t8-/m0/s1. The molecule has 21 heavy (non-hydrogen) atoms. The van der Waals surface area contributed by atoms with Gasteiger partial charge >= 0.3 is 0 Å². The minimum atomic E-state index is -0.530. The van der Waals surface area contributed by atoms with Gasteiger partial charge in [-0.2, -0.15) is 0 Å². The zero-order valence-corrected chi connectivity index (χ0v) is 11.2. The van der Waals surface area contributed by atoms with Crippen molar-refractivity contribution in [1.82, 2.24) is 9.97 Å². The van der Waals surface area contributed by atoms with Crippen LogP contribution in [-0.2, 0) is 4.79 Å². The smallest absolute Gasteiger partial charge is 0.275 e. The molecule has 1 aliphatic heterocycles. The third-order valence-corrected chi connectivity index (χ3v) is 2.96. The van der Waals surface area contributed by atoms with E-state index >= 15 is 0 Å². The van der Waals surface area contributed by atoms with Crippen molar-refractivity contribution in [2.24, 2.45) is 0 Å². The second-order valence-electron chi connectivity index (χ2n) is 4.51. The molecule has 1 aliphatic rings. The number of carbonyl (C=O) groups excluding carboxylic acids is 2. The van der Waals surface area contributed by atoms with Crippen LogP contribution in [0.5, 0.6) is 5.75 Å². The van der Waals surface area contributed by atoms with E-state index in [1.807, 2.05) is 0 Å². The predicted molar refractivity (Wildman–Crippen MR) is 75.1 cm³/mol. The summed E-state index contributed by atoms with van der Waals surface area (Å²) in [5.41, 5.74) is 1.27. The Morgan fingerprint density at radius 1 is 1.38 bits per heavy atom. The van der Waals surface area contributed by atoms with Crippen molar-refractivity contribution in [1.29, 1.82) is 0 Å². The Morgan fingerprint density at radius 3 is 3.00 bits per heavy atom. The van der Waals surface area contributed by atoms with Gasteiger partial charge in [-0.25, -0.2) is 4.98 Å². The second kappa shape index (κ2) is 5.20. The van der Waals surface area contributed by atoms with Crippen LogP contribution in [0.1, 0.15) is 17.4 Å². The first kappa shape index (κ1) is 13.0. The summed E-state index contributed by atoms with van der Waals surface area (Å²) in [6.45, 7) is 1.67. The van der Waals surface area contributed by atoms with E-state index in [4.69, 9.17) is 4.74 Å². The van der Waals surface area contributed by atoms with Crippen LogP contribution in [0.25, 0.3) is 0 Å². The fourth-order valence-electron chi connectivity index (χ4n) is 1.90. The van der Waals surface area contributed by atoms with Gasteiger partial charge in [0.05, 0.1) is 11.9 Å². The Morgan fingerprint density at radius 2 is 2.24 bits per heavy atom. The van der Waals surface area contributed by atoms with Gasteiger partial charge in [0.2, 0.25) is 0 Å². The van der Waals surface area contributed by atoms with Crippen molar-refractivity contribution in [3.8, 4) is 5.75 Å². The number of hydrogen-bond donors (Lipinski definition) is 2. The Labute approximate surface area is 120 Å². The highest BCUT2D eigenvalue weighted by atomic mass is 16.5. The highest BCUT2D eigenvalue weighted by molar-refractivity contribution is 6.04. The lowest BCUT2D eigenvalue weighted by atomic mass is 10.2. The number of fused-ring (bicyclic) bond motifs is 1. The van der Waals surface area contributed by atoms with Gasteiger partial charge in [-0.05, 0) is 25.1 Å². The van der Waals surface area contributed by atoms with Gasteiger partial charge in [-0.3, -0.25) is 14.6 Å². The van der Waals surface area contributed by atoms with Crippen LogP contribution < -0.4 is 15.4 Å². The van der Waals surface area contributed by atoms with Crippen LogP contribution >= 0.6 is 0 Å². The zero-order chi connectivity index (χ0) is 14.8. The monoisotopic (exact) mass is 284 g/mol. The van der Waals surface area contributed by atoms with E-state index < -0.39 is 6.10 Å². The molecule has 2 heterocycles. The van der Waals surface area contributed by atoms with Crippen molar-refractivity contribution in [2.75, 3.05) is 10.6 Å². The molecule has 1 atom stereocenters. The number of nitrogens with one attached hydrogen (secondary N) is 2. The van der Waals surface area contributed by atoms with E-state index in [9.17, 15) is 9.59 Å². The number of benzene rings is 1. The fourth-order valence-corrected chi connectivity index (χ4v) is 1.90. The van der Waals surface area contributed by atoms with Crippen LogP contribution in [0.15, 0.2) is 36.8 Å². The summed E-state index contributed by atoms with van der Waals surface area (Å²) in [5.74, 6) is -0.0287. The molecule has 0 saturated heterocycles. The van der Waals surface area contributed by atoms with Gasteiger partial charge in [-0.1, -0.05) is 0 Å². The number of carbonyl (C=O) groups is 2. The largest absolute Gasteiger partial charge is 0.479 e. The quantitative estimate of drug-likeness (QED) is 0.870. The molecule has 7 nitrogen and oxygen atoms in total. The highest BCUT2D eigenvalue weighted by Gasteiger charge is 2.23. The van der Waals surface area contributed by atoms with E-state index in [2.05, 4.69) is 20.6 Å². The van der Waals surface area contributed by atoms with E-state index in [1.54, 1.807) is 25.1 Å². The van der Waals surface area contributed by atoms with Crippen LogP contribution in [0.3, 0.4) is 0 Å². The van der Waals surface area contributed by atoms with E-state index in [1.165, 1.54) is 18.6 Å². The van der Waals surface area contributed by atoms with Gasteiger partial charge in [0.15, 0.2) is 6.10 Å². The van der Waals surface area contributed by atoms with Gasteiger partial charge in [0.1, 0.15) is 11.4 Å². The number of nitrogens with zero attached hydrogens (tertiary/aromatic N) is 2. The average molecular weight is 284 g/mol. The lowest BCUT2D eigenvalue weighted by Crippen LogP contribution is -2.34. The summed E-state index contributed by atoms with van der Waals surface area (Å²) in [6, 6.07) is 5.02. The molecular weight excluding hydrogens is 272 g/mol. The molecule has 0 fully saturated rings. The molecule has 0 saturated carbocycles. The average Bonchev–Trinajstić information content (AvgIpc) is 2.49. The van der Waals surface area contributed by atoms with Crippen molar-refractivity contribution in [3.63, 3.8) is 0 Å². The third-order valence-electron chi connectivity index (χ3n) is 2.96. The van der Waals surface area contributed by atoms with Crippen LogP contribution in [0.2, 0.25) is 0 Å². The molecular formula is C14H12N4O3. The summed E-state index contributed by atoms with van der Waals surface area (Å²) >= 11 is 0. The Hall–Kier alpha value is -2.96. The molecule has 2 aromatic rings. The predicted octanol–water partition coefficient (Wildman–Crippen LogP) is 1.45. The van der Waals surface area contributed by atoms with Crippen LogP contribution in [0, 0.1) is 0 Å². The van der Waals surface area contributed by atoms with E-state index in [0.717, 1.165) is 0 Å². The molecule has 0 radical (unpaired) electrons. The maximum absolute atomic E-state index is 12.0. The lowest BCUT2D eigenvalue weighted by Gasteiger charge is -2.23. The molecule has 0 aliphatic carbocycles. The third kappa shape index (κ3) is 2.66. The van der Waals surface area contributed by atoms with Gasteiger partial charge < -0.3 is 15.4 Å².